The predicted molar refractivity (Wildman–Crippen MR) is 141 cm³/mol. The van der Waals surface area contributed by atoms with Crippen LogP contribution in [0.5, 0.6) is 34.5 Å². The Bertz CT molecular complexity index is 1570. The predicted octanol–water partition coefficient (Wildman–Crippen LogP) is 5.19. The smallest absolute Gasteiger partial charge is 0.353 e. The Labute approximate surface area is 219 Å². The van der Waals surface area contributed by atoms with Gasteiger partial charge in [-0.2, -0.15) is 0 Å². The van der Waals surface area contributed by atoms with Crippen LogP contribution in [0.3, 0.4) is 0 Å². The first-order chi connectivity index (χ1) is 18.3. The number of phenols is 2. The van der Waals surface area contributed by atoms with Crippen LogP contribution in [0.15, 0.2) is 48.5 Å². The molecule has 0 aliphatic carbocycles. The van der Waals surface area contributed by atoms with Gasteiger partial charge >= 0.3 is 5.97 Å². The summed E-state index contributed by atoms with van der Waals surface area (Å²) in [5.41, 5.74) is 4.65. The lowest BCUT2D eigenvalue weighted by Gasteiger charge is -2.23. The number of aromatic hydroxyl groups is 2. The Kier molecular flexibility index (Phi) is 6.28. The molecule has 3 aromatic carbocycles. The van der Waals surface area contributed by atoms with Crippen LogP contribution in [0.2, 0.25) is 0 Å². The van der Waals surface area contributed by atoms with E-state index in [-0.39, 0.29) is 22.9 Å². The summed E-state index contributed by atoms with van der Waals surface area (Å²) in [6.45, 7) is 0.407. The van der Waals surface area contributed by atoms with Gasteiger partial charge in [-0.25, -0.2) is 4.79 Å². The zero-order valence-corrected chi connectivity index (χ0v) is 21.4. The van der Waals surface area contributed by atoms with Crippen molar-refractivity contribution in [1.82, 2.24) is 4.57 Å². The molecule has 4 aromatic rings. The van der Waals surface area contributed by atoms with Crippen LogP contribution in [-0.4, -0.2) is 54.3 Å². The molecule has 38 heavy (non-hydrogen) atoms. The van der Waals surface area contributed by atoms with Gasteiger partial charge in [0.15, 0.2) is 34.5 Å². The lowest BCUT2D eigenvalue weighted by molar-refractivity contribution is 0.0686. The minimum atomic E-state index is -1.11. The third-order valence-electron chi connectivity index (χ3n) is 6.87. The number of carbonyl (C=O) groups is 1. The van der Waals surface area contributed by atoms with Crippen molar-refractivity contribution in [3.8, 4) is 68.0 Å². The average molecular weight is 518 g/mol. The number of aromatic nitrogens is 1. The fraction of sp³-hybridized carbons (Fsp3) is 0.207. The fourth-order valence-electron chi connectivity index (χ4n) is 5.17. The van der Waals surface area contributed by atoms with Crippen LogP contribution >= 0.6 is 0 Å². The van der Waals surface area contributed by atoms with Gasteiger partial charge in [0, 0.05) is 23.2 Å². The van der Waals surface area contributed by atoms with E-state index in [1.807, 2.05) is 12.1 Å². The molecule has 1 aliphatic rings. The normalized spacial score (nSPS) is 11.9. The molecular weight excluding hydrogens is 490 g/mol. The molecule has 1 aromatic heterocycles. The van der Waals surface area contributed by atoms with Gasteiger partial charge in [-0.15, -0.1) is 0 Å². The molecular formula is C29H27NO8. The minimum absolute atomic E-state index is 0.0667. The molecule has 0 radical (unpaired) electrons. The number of carboxylic acid groups (broad SMARTS) is 1. The first-order valence-corrected chi connectivity index (χ1v) is 11.8. The largest absolute Gasteiger partial charge is 0.504 e. The van der Waals surface area contributed by atoms with E-state index in [0.29, 0.717) is 58.2 Å². The number of hydrogen-bond acceptors (Lipinski definition) is 7. The highest BCUT2D eigenvalue weighted by Gasteiger charge is 2.33. The summed E-state index contributed by atoms with van der Waals surface area (Å²) in [6.07, 6.45) is 0.573. The summed E-state index contributed by atoms with van der Waals surface area (Å²) in [4.78, 5) is 12.8. The number of nitrogens with zero attached hydrogens (tertiary/aromatic N) is 1. The van der Waals surface area contributed by atoms with Crippen molar-refractivity contribution >= 4 is 5.97 Å². The van der Waals surface area contributed by atoms with Crippen LogP contribution in [0.4, 0.5) is 0 Å². The second-order valence-electron chi connectivity index (χ2n) is 8.79. The second-order valence-corrected chi connectivity index (χ2v) is 8.79. The Morgan fingerprint density at radius 3 is 2.00 bits per heavy atom. The Balaban J connectivity index is 1.93. The lowest BCUT2D eigenvalue weighted by atomic mass is 9.89. The molecule has 3 N–H and O–H groups in total. The highest BCUT2D eigenvalue weighted by molar-refractivity contribution is 6.06. The van der Waals surface area contributed by atoms with Gasteiger partial charge in [-0.1, -0.05) is 12.1 Å². The molecule has 0 saturated carbocycles. The zero-order chi connectivity index (χ0) is 27.1. The van der Waals surface area contributed by atoms with Gasteiger partial charge in [-0.05, 0) is 59.5 Å². The summed E-state index contributed by atoms with van der Waals surface area (Å²) in [6, 6.07) is 13.4. The quantitative estimate of drug-likeness (QED) is 0.306. The number of fused-ring (bicyclic) bond motifs is 3. The molecule has 2 heterocycles. The van der Waals surface area contributed by atoms with E-state index in [0.717, 1.165) is 11.1 Å². The van der Waals surface area contributed by atoms with Crippen LogP contribution in [0.25, 0.3) is 33.5 Å². The van der Waals surface area contributed by atoms with Crippen LogP contribution in [0.1, 0.15) is 16.1 Å². The monoisotopic (exact) mass is 517 g/mol. The van der Waals surface area contributed by atoms with Gasteiger partial charge in [-0.3, -0.25) is 0 Å². The molecule has 0 fully saturated rings. The van der Waals surface area contributed by atoms with Crippen molar-refractivity contribution in [1.29, 1.82) is 0 Å². The molecule has 5 rings (SSSR count). The molecule has 0 bridgehead atoms. The van der Waals surface area contributed by atoms with E-state index in [1.165, 1.54) is 20.3 Å². The lowest BCUT2D eigenvalue weighted by Crippen LogP contribution is -2.16. The van der Waals surface area contributed by atoms with Gasteiger partial charge in [0.05, 0.1) is 34.1 Å². The number of aryl methyl sites for hydroxylation is 1. The minimum Gasteiger partial charge on any atom is -0.504 e. The number of hydrogen-bond donors (Lipinski definition) is 3. The molecule has 0 amide bonds. The number of carboxylic acids is 1. The molecule has 9 heteroatoms. The topological polar surface area (TPSA) is 120 Å². The number of rotatable bonds is 7. The highest BCUT2D eigenvalue weighted by atomic mass is 16.5. The molecule has 0 unspecified atom stereocenters. The Morgan fingerprint density at radius 2 is 1.37 bits per heavy atom. The highest BCUT2D eigenvalue weighted by Crippen LogP contribution is 2.51. The maximum absolute atomic E-state index is 12.8. The number of aromatic carboxylic acids is 1. The number of ether oxygens (including phenoxy) is 4. The number of phenolic OH excluding ortho intramolecular Hbond substituents is 2. The standard InChI is InChI=1S/C29H27NO8/c1-35-21-8-6-16(11-20(21)32)25-26(17-5-7-19(31)22(13-17)36-2)28(29(33)34)30-10-9-15-12-23(37-3)24(38-4)14-18(15)27(25)30/h5-8,11-14,31-32H,9-10H2,1-4H3,(H,33,34). The van der Waals surface area contributed by atoms with Crippen molar-refractivity contribution in [3.63, 3.8) is 0 Å². The molecule has 9 nitrogen and oxygen atoms in total. The third-order valence-corrected chi connectivity index (χ3v) is 6.87. The van der Waals surface area contributed by atoms with E-state index < -0.39 is 5.97 Å². The summed E-state index contributed by atoms with van der Waals surface area (Å²) in [7, 11) is 6.01. The molecule has 0 atom stereocenters. The van der Waals surface area contributed by atoms with Crippen LogP contribution in [0, 0.1) is 0 Å². The summed E-state index contributed by atoms with van der Waals surface area (Å²) in [5, 5.41) is 31.4. The molecule has 1 aliphatic heterocycles. The molecule has 0 saturated heterocycles. The van der Waals surface area contributed by atoms with Crippen molar-refractivity contribution in [3.05, 3.63) is 59.8 Å². The van der Waals surface area contributed by atoms with E-state index in [4.69, 9.17) is 18.9 Å². The van der Waals surface area contributed by atoms with Gasteiger partial charge in [0.25, 0.3) is 0 Å². The summed E-state index contributed by atoms with van der Waals surface area (Å²) in [5.74, 6) is 0.327. The Hall–Kier alpha value is -4.79. The maximum atomic E-state index is 12.8. The molecule has 196 valence electrons. The van der Waals surface area contributed by atoms with Crippen LogP contribution in [-0.2, 0) is 13.0 Å². The Morgan fingerprint density at radius 1 is 0.737 bits per heavy atom. The van der Waals surface area contributed by atoms with Crippen molar-refractivity contribution in [2.24, 2.45) is 0 Å². The average Bonchev–Trinajstić information content (AvgIpc) is 3.28. The van der Waals surface area contributed by atoms with E-state index in [1.54, 1.807) is 49.1 Å². The maximum Gasteiger partial charge on any atom is 0.353 e. The van der Waals surface area contributed by atoms with E-state index in [2.05, 4.69) is 0 Å². The van der Waals surface area contributed by atoms with Gasteiger partial charge in [0.1, 0.15) is 5.69 Å². The van der Waals surface area contributed by atoms with Gasteiger partial charge in [0.2, 0.25) is 0 Å². The first-order valence-electron chi connectivity index (χ1n) is 11.8. The van der Waals surface area contributed by atoms with Crippen molar-refractivity contribution in [2.75, 3.05) is 28.4 Å². The SMILES string of the molecule is COc1ccc(-c2c(-c3ccc(O)c(OC)c3)c(C(=O)O)n3c2-c2cc(OC)c(OC)cc2CC3)cc1O. The van der Waals surface area contributed by atoms with Crippen LogP contribution < -0.4 is 18.9 Å². The van der Waals surface area contributed by atoms with Crippen molar-refractivity contribution < 1.29 is 39.1 Å². The zero-order valence-electron chi connectivity index (χ0n) is 21.4. The second kappa shape index (κ2) is 9.59. The number of benzene rings is 3. The third kappa shape index (κ3) is 3.83. The van der Waals surface area contributed by atoms with Crippen molar-refractivity contribution in [2.45, 2.75) is 13.0 Å². The summed E-state index contributed by atoms with van der Waals surface area (Å²) < 4.78 is 23.4. The number of methoxy groups -OCH3 is 4. The molecule has 0 spiro atoms. The summed E-state index contributed by atoms with van der Waals surface area (Å²) >= 11 is 0. The fourth-order valence-corrected chi connectivity index (χ4v) is 5.17. The van der Waals surface area contributed by atoms with E-state index >= 15 is 0 Å². The first kappa shape index (κ1) is 24.9. The van der Waals surface area contributed by atoms with E-state index in [9.17, 15) is 20.1 Å². The van der Waals surface area contributed by atoms with Gasteiger partial charge < -0.3 is 38.8 Å².